The summed E-state index contributed by atoms with van der Waals surface area (Å²) < 4.78 is 38.8. The summed E-state index contributed by atoms with van der Waals surface area (Å²) in [6.07, 6.45) is -2.98. The Morgan fingerprint density at radius 1 is 1.31 bits per heavy atom. The van der Waals surface area contributed by atoms with Crippen LogP contribution in [0.4, 0.5) is 18.0 Å². The molecule has 2 rings (SSSR count). The van der Waals surface area contributed by atoms with Crippen molar-refractivity contribution in [2.24, 2.45) is 5.92 Å². The molecule has 0 aliphatic heterocycles. The van der Waals surface area contributed by atoms with Gasteiger partial charge in [-0.25, -0.2) is 9.78 Å². The van der Waals surface area contributed by atoms with Crippen LogP contribution >= 0.6 is 11.3 Å². The maximum absolute atomic E-state index is 12.9. The largest absolute Gasteiger partial charge is 0.391 e. The third-order valence-corrected chi connectivity index (χ3v) is 6.72. The number of hydrogen-bond donors (Lipinski definition) is 1. The zero-order valence-electron chi connectivity index (χ0n) is 16.0. The van der Waals surface area contributed by atoms with E-state index in [4.69, 9.17) is 0 Å². The number of thiazole rings is 1. The number of aryl methyl sites for hydroxylation is 1. The molecule has 1 aromatic rings. The van der Waals surface area contributed by atoms with Crippen molar-refractivity contribution in [1.82, 2.24) is 15.2 Å². The average molecular weight is 392 g/mol. The first-order valence-electron chi connectivity index (χ1n) is 9.08. The summed E-state index contributed by atoms with van der Waals surface area (Å²) in [7, 11) is 1.68. The Hall–Kier alpha value is -1.31. The lowest BCUT2D eigenvalue weighted by Gasteiger charge is -2.33. The van der Waals surface area contributed by atoms with Crippen LogP contribution in [0.5, 0.6) is 0 Å². The molecule has 0 saturated heterocycles. The third-order valence-electron chi connectivity index (χ3n) is 5.09. The van der Waals surface area contributed by atoms with E-state index in [2.05, 4.69) is 24.1 Å². The second kappa shape index (κ2) is 8.15. The number of carbonyl (C=O) groups is 1. The molecule has 1 N–H and O–H groups in total. The Morgan fingerprint density at radius 2 is 1.96 bits per heavy atom. The van der Waals surface area contributed by atoms with Crippen molar-refractivity contribution < 1.29 is 18.0 Å². The monoisotopic (exact) mass is 391 g/mol. The van der Waals surface area contributed by atoms with Gasteiger partial charge in [0.2, 0.25) is 0 Å². The highest BCUT2D eigenvalue weighted by Crippen LogP contribution is 2.38. The van der Waals surface area contributed by atoms with E-state index >= 15 is 0 Å². The highest BCUT2D eigenvalue weighted by molar-refractivity contribution is 7.11. The normalized spacial score (nSPS) is 22.3. The number of rotatable bonds is 4. The van der Waals surface area contributed by atoms with Crippen molar-refractivity contribution in [2.75, 3.05) is 7.05 Å². The van der Waals surface area contributed by atoms with Crippen molar-refractivity contribution in [3.05, 3.63) is 15.6 Å². The summed E-state index contributed by atoms with van der Waals surface area (Å²) in [6.45, 7) is 7.99. The van der Waals surface area contributed by atoms with Gasteiger partial charge in [0.25, 0.3) is 0 Å². The number of aromatic nitrogens is 1. The van der Waals surface area contributed by atoms with Gasteiger partial charge in [0.15, 0.2) is 0 Å². The summed E-state index contributed by atoms with van der Waals surface area (Å²) in [5.74, 6) is -0.998. The molecule has 0 bridgehead atoms. The third kappa shape index (κ3) is 4.90. The van der Waals surface area contributed by atoms with Gasteiger partial charge in [-0.05, 0) is 33.1 Å². The lowest BCUT2D eigenvalue weighted by Crippen LogP contribution is -2.47. The maximum Gasteiger partial charge on any atom is 0.391 e. The first kappa shape index (κ1) is 21.0. The second-order valence-electron chi connectivity index (χ2n) is 7.49. The van der Waals surface area contributed by atoms with Crippen molar-refractivity contribution in [3.63, 3.8) is 0 Å². The SMILES string of the molecule is Cc1nc(C(C)C)sc1[C@H](C)N(C)C(=O)N[C@@H]1CCC[C@@H](C(F)(F)F)C1. The minimum atomic E-state index is -4.18. The minimum absolute atomic E-state index is 0.0332. The molecule has 0 spiro atoms. The minimum Gasteiger partial charge on any atom is -0.335 e. The summed E-state index contributed by atoms with van der Waals surface area (Å²) in [5, 5.41) is 3.82. The van der Waals surface area contributed by atoms with E-state index in [0.717, 1.165) is 15.6 Å². The fourth-order valence-electron chi connectivity index (χ4n) is 3.31. The Labute approximate surface area is 157 Å². The van der Waals surface area contributed by atoms with Crippen LogP contribution in [0.25, 0.3) is 0 Å². The molecule has 0 aromatic carbocycles. The Balaban J connectivity index is 2.00. The number of nitrogens with zero attached hydrogens (tertiary/aromatic N) is 2. The molecule has 1 heterocycles. The summed E-state index contributed by atoms with van der Waals surface area (Å²) in [4.78, 5) is 19.7. The van der Waals surface area contributed by atoms with Crippen molar-refractivity contribution in [2.45, 2.75) is 77.6 Å². The Morgan fingerprint density at radius 3 is 2.50 bits per heavy atom. The van der Waals surface area contributed by atoms with Gasteiger partial charge in [0.1, 0.15) is 0 Å². The van der Waals surface area contributed by atoms with E-state index in [1.165, 1.54) is 0 Å². The van der Waals surface area contributed by atoms with Crippen LogP contribution in [0.3, 0.4) is 0 Å². The molecule has 1 aliphatic carbocycles. The smallest absolute Gasteiger partial charge is 0.335 e. The van der Waals surface area contributed by atoms with E-state index in [-0.39, 0.29) is 24.9 Å². The number of urea groups is 1. The van der Waals surface area contributed by atoms with Crippen LogP contribution in [0.1, 0.15) is 74.0 Å². The standard InChI is InChI=1S/C18H28F3N3OS/c1-10(2)16-22-11(3)15(26-16)12(4)24(5)17(25)23-14-8-6-7-13(9-14)18(19,20)21/h10,12-14H,6-9H2,1-5H3,(H,23,25)/t12-,13+,14+/m0/s1. The van der Waals surface area contributed by atoms with Gasteiger partial charge in [0, 0.05) is 23.9 Å². The highest BCUT2D eigenvalue weighted by atomic mass is 32.1. The Bertz CT molecular complexity index is 630. The number of halogens is 3. The molecule has 26 heavy (non-hydrogen) atoms. The van der Waals surface area contributed by atoms with Gasteiger partial charge in [0.05, 0.1) is 22.7 Å². The molecule has 2 amide bonds. The quantitative estimate of drug-likeness (QED) is 0.747. The van der Waals surface area contributed by atoms with E-state index < -0.39 is 18.1 Å². The second-order valence-corrected chi connectivity index (χ2v) is 8.56. The van der Waals surface area contributed by atoms with Gasteiger partial charge in [-0.2, -0.15) is 13.2 Å². The van der Waals surface area contributed by atoms with Crippen molar-refractivity contribution >= 4 is 17.4 Å². The van der Waals surface area contributed by atoms with Crippen molar-refractivity contribution in [1.29, 1.82) is 0 Å². The number of nitrogens with one attached hydrogen (secondary N) is 1. The zero-order valence-corrected chi connectivity index (χ0v) is 16.8. The summed E-state index contributed by atoms with van der Waals surface area (Å²) in [5.41, 5.74) is 0.903. The van der Waals surface area contributed by atoms with Gasteiger partial charge in [-0.3, -0.25) is 0 Å². The zero-order chi connectivity index (χ0) is 19.6. The van der Waals surface area contributed by atoms with Crippen LogP contribution in [0.2, 0.25) is 0 Å². The van der Waals surface area contributed by atoms with Crippen LogP contribution in [-0.4, -0.2) is 35.2 Å². The molecular weight excluding hydrogens is 363 g/mol. The van der Waals surface area contributed by atoms with E-state index in [9.17, 15) is 18.0 Å². The highest BCUT2D eigenvalue weighted by Gasteiger charge is 2.42. The van der Waals surface area contributed by atoms with E-state index in [1.54, 1.807) is 23.3 Å². The molecule has 0 radical (unpaired) electrons. The van der Waals surface area contributed by atoms with Crippen molar-refractivity contribution in [3.8, 4) is 0 Å². The number of carbonyl (C=O) groups excluding carboxylic acids is 1. The molecule has 1 fully saturated rings. The van der Waals surface area contributed by atoms with Gasteiger partial charge < -0.3 is 10.2 Å². The lowest BCUT2D eigenvalue weighted by molar-refractivity contribution is -0.183. The fourth-order valence-corrected chi connectivity index (χ4v) is 4.48. The molecular formula is C18H28F3N3OS. The van der Waals surface area contributed by atoms with Crippen LogP contribution in [0, 0.1) is 12.8 Å². The van der Waals surface area contributed by atoms with Gasteiger partial charge in [-0.1, -0.05) is 20.3 Å². The van der Waals surface area contributed by atoms with E-state index in [0.29, 0.717) is 18.8 Å². The predicted molar refractivity (Wildman–Crippen MR) is 97.5 cm³/mol. The first-order chi connectivity index (χ1) is 12.0. The molecule has 3 atom stereocenters. The van der Waals surface area contributed by atoms with Gasteiger partial charge in [-0.15, -0.1) is 11.3 Å². The molecule has 8 heteroatoms. The Kier molecular flexibility index (Phi) is 6.58. The van der Waals surface area contributed by atoms with Gasteiger partial charge >= 0.3 is 12.2 Å². The molecule has 1 saturated carbocycles. The molecule has 1 aliphatic rings. The van der Waals surface area contributed by atoms with E-state index in [1.807, 2.05) is 13.8 Å². The molecule has 1 aromatic heterocycles. The first-order valence-corrected chi connectivity index (χ1v) is 9.89. The van der Waals surface area contributed by atoms with Crippen LogP contribution in [-0.2, 0) is 0 Å². The molecule has 0 unspecified atom stereocenters. The predicted octanol–water partition coefficient (Wildman–Crippen LogP) is 5.40. The summed E-state index contributed by atoms with van der Waals surface area (Å²) in [6, 6.07) is -0.933. The summed E-state index contributed by atoms with van der Waals surface area (Å²) >= 11 is 1.59. The van der Waals surface area contributed by atoms with Crippen LogP contribution in [0.15, 0.2) is 0 Å². The number of amides is 2. The lowest BCUT2D eigenvalue weighted by atomic mass is 9.85. The molecule has 4 nitrogen and oxygen atoms in total. The number of alkyl halides is 3. The number of hydrogen-bond acceptors (Lipinski definition) is 3. The van der Waals surface area contributed by atoms with Crippen LogP contribution < -0.4 is 5.32 Å². The maximum atomic E-state index is 12.9. The fraction of sp³-hybridized carbons (Fsp3) is 0.778. The molecule has 148 valence electrons. The topological polar surface area (TPSA) is 45.2 Å². The average Bonchev–Trinajstić information content (AvgIpc) is 2.95.